The molecule has 22 heavy (non-hydrogen) atoms. The number of aryl methyl sites for hydroxylation is 2. The Morgan fingerprint density at radius 2 is 1.73 bits per heavy atom. The number of hydrogen-bond acceptors (Lipinski definition) is 2. The van der Waals surface area contributed by atoms with Crippen molar-refractivity contribution in [2.45, 2.75) is 47.3 Å². The first-order chi connectivity index (χ1) is 10.3. The normalized spacial score (nSPS) is 13.0. The Labute approximate surface area is 133 Å². The molecule has 0 saturated heterocycles. The van der Waals surface area contributed by atoms with E-state index in [0.29, 0.717) is 6.61 Å². The van der Waals surface area contributed by atoms with Crippen LogP contribution >= 0.6 is 0 Å². The maximum Gasteiger partial charge on any atom is 0.120 e. The van der Waals surface area contributed by atoms with Gasteiger partial charge in [0.15, 0.2) is 0 Å². The standard InChI is InChI=1S/C20H26O2/c1-14-7-6-8-16(9-14)13-22-18-11-15(2)10-17(12-18)19(21)20(3,4)5/h6-12,19,21H,13H2,1-5H3. The maximum absolute atomic E-state index is 10.5. The van der Waals surface area contributed by atoms with E-state index in [1.165, 1.54) is 5.56 Å². The van der Waals surface area contributed by atoms with Crippen LogP contribution in [0, 0.1) is 19.3 Å². The lowest BCUT2D eigenvalue weighted by molar-refractivity contribution is 0.0623. The van der Waals surface area contributed by atoms with Crippen LogP contribution in [0.15, 0.2) is 42.5 Å². The summed E-state index contributed by atoms with van der Waals surface area (Å²) in [4.78, 5) is 0. The van der Waals surface area contributed by atoms with Gasteiger partial charge in [-0.2, -0.15) is 0 Å². The SMILES string of the molecule is Cc1cccc(COc2cc(C)cc(C(O)C(C)(C)C)c2)c1. The molecule has 0 aliphatic heterocycles. The fourth-order valence-electron chi connectivity index (χ4n) is 2.49. The van der Waals surface area contributed by atoms with Crippen molar-refractivity contribution in [2.24, 2.45) is 5.41 Å². The van der Waals surface area contributed by atoms with Gasteiger partial charge in [0.2, 0.25) is 0 Å². The monoisotopic (exact) mass is 298 g/mol. The summed E-state index contributed by atoms with van der Waals surface area (Å²) < 4.78 is 5.92. The molecule has 0 saturated carbocycles. The summed E-state index contributed by atoms with van der Waals surface area (Å²) in [6, 6.07) is 14.3. The van der Waals surface area contributed by atoms with Gasteiger partial charge in [-0.05, 0) is 48.1 Å². The van der Waals surface area contributed by atoms with Crippen molar-refractivity contribution in [1.82, 2.24) is 0 Å². The fraction of sp³-hybridized carbons (Fsp3) is 0.400. The number of benzene rings is 2. The Kier molecular flexibility index (Phi) is 4.92. The van der Waals surface area contributed by atoms with Gasteiger partial charge >= 0.3 is 0 Å². The van der Waals surface area contributed by atoms with Crippen molar-refractivity contribution < 1.29 is 9.84 Å². The van der Waals surface area contributed by atoms with Crippen LogP contribution in [-0.2, 0) is 6.61 Å². The molecule has 2 nitrogen and oxygen atoms in total. The second-order valence-corrected chi connectivity index (χ2v) is 7.13. The van der Waals surface area contributed by atoms with Crippen LogP contribution in [0.1, 0.15) is 49.1 Å². The zero-order chi connectivity index (χ0) is 16.3. The van der Waals surface area contributed by atoms with Crippen LogP contribution in [0.25, 0.3) is 0 Å². The molecule has 0 radical (unpaired) electrons. The van der Waals surface area contributed by atoms with E-state index in [4.69, 9.17) is 4.74 Å². The van der Waals surface area contributed by atoms with Gasteiger partial charge in [0.25, 0.3) is 0 Å². The van der Waals surface area contributed by atoms with E-state index >= 15 is 0 Å². The second kappa shape index (κ2) is 6.53. The molecule has 2 aromatic carbocycles. The van der Waals surface area contributed by atoms with Crippen molar-refractivity contribution >= 4 is 0 Å². The molecule has 0 aliphatic rings. The third-order valence-corrected chi connectivity index (χ3v) is 3.70. The van der Waals surface area contributed by atoms with Crippen LogP contribution in [0.4, 0.5) is 0 Å². The predicted molar refractivity (Wildman–Crippen MR) is 91.1 cm³/mol. The highest BCUT2D eigenvalue weighted by Gasteiger charge is 2.24. The Morgan fingerprint density at radius 1 is 1.00 bits per heavy atom. The summed E-state index contributed by atoms with van der Waals surface area (Å²) in [7, 11) is 0. The van der Waals surface area contributed by atoms with Gasteiger partial charge in [0.05, 0.1) is 6.10 Å². The topological polar surface area (TPSA) is 29.5 Å². The van der Waals surface area contributed by atoms with Gasteiger partial charge in [-0.15, -0.1) is 0 Å². The van der Waals surface area contributed by atoms with E-state index in [2.05, 4.69) is 25.1 Å². The first-order valence-electron chi connectivity index (χ1n) is 7.74. The van der Waals surface area contributed by atoms with Crippen molar-refractivity contribution in [3.05, 3.63) is 64.7 Å². The molecular weight excluding hydrogens is 272 g/mol. The van der Waals surface area contributed by atoms with E-state index in [1.807, 2.05) is 52.0 Å². The lowest BCUT2D eigenvalue weighted by atomic mass is 9.84. The molecule has 0 aromatic heterocycles. The van der Waals surface area contributed by atoms with Crippen molar-refractivity contribution in [2.75, 3.05) is 0 Å². The Balaban J connectivity index is 2.16. The van der Waals surface area contributed by atoms with Crippen molar-refractivity contribution in [3.8, 4) is 5.75 Å². The zero-order valence-corrected chi connectivity index (χ0v) is 14.2. The summed E-state index contributed by atoms with van der Waals surface area (Å²) in [5.41, 5.74) is 4.20. The largest absolute Gasteiger partial charge is 0.489 e. The summed E-state index contributed by atoms with van der Waals surface area (Å²) >= 11 is 0. The Morgan fingerprint density at radius 3 is 2.36 bits per heavy atom. The smallest absolute Gasteiger partial charge is 0.120 e. The molecule has 2 aromatic rings. The average Bonchev–Trinajstić information content (AvgIpc) is 2.43. The molecule has 0 heterocycles. The number of ether oxygens (including phenoxy) is 1. The molecule has 1 atom stereocenters. The van der Waals surface area contributed by atoms with Crippen LogP contribution in [0.2, 0.25) is 0 Å². The highest BCUT2D eigenvalue weighted by Crippen LogP contribution is 2.34. The molecule has 118 valence electrons. The van der Waals surface area contributed by atoms with E-state index in [9.17, 15) is 5.11 Å². The van der Waals surface area contributed by atoms with Crippen LogP contribution < -0.4 is 4.74 Å². The predicted octanol–water partition coefficient (Wildman–Crippen LogP) is 4.96. The molecule has 1 N–H and O–H groups in total. The van der Waals surface area contributed by atoms with Crippen molar-refractivity contribution in [3.63, 3.8) is 0 Å². The molecule has 1 unspecified atom stereocenters. The third kappa shape index (κ3) is 4.35. The highest BCUT2D eigenvalue weighted by molar-refractivity contribution is 5.36. The van der Waals surface area contributed by atoms with Gasteiger partial charge in [-0.1, -0.05) is 56.7 Å². The number of rotatable bonds is 4. The van der Waals surface area contributed by atoms with Gasteiger partial charge in [-0.3, -0.25) is 0 Å². The van der Waals surface area contributed by atoms with E-state index < -0.39 is 6.10 Å². The Bertz CT molecular complexity index is 638. The number of aliphatic hydroxyl groups excluding tert-OH is 1. The van der Waals surface area contributed by atoms with E-state index in [1.54, 1.807) is 0 Å². The molecule has 2 rings (SSSR count). The van der Waals surface area contributed by atoms with Gasteiger partial charge in [0, 0.05) is 0 Å². The van der Waals surface area contributed by atoms with Gasteiger partial charge in [0.1, 0.15) is 12.4 Å². The quantitative estimate of drug-likeness (QED) is 0.864. The molecule has 0 bridgehead atoms. The lowest BCUT2D eigenvalue weighted by Gasteiger charge is -2.26. The number of hydrogen-bond donors (Lipinski definition) is 1. The maximum atomic E-state index is 10.5. The Hall–Kier alpha value is -1.80. The summed E-state index contributed by atoms with van der Waals surface area (Å²) in [5, 5.41) is 10.5. The van der Waals surface area contributed by atoms with Crippen LogP contribution in [-0.4, -0.2) is 5.11 Å². The van der Waals surface area contributed by atoms with Crippen LogP contribution in [0.3, 0.4) is 0 Å². The fourth-order valence-corrected chi connectivity index (χ4v) is 2.49. The van der Waals surface area contributed by atoms with Crippen LogP contribution in [0.5, 0.6) is 5.75 Å². The second-order valence-electron chi connectivity index (χ2n) is 7.13. The summed E-state index contributed by atoms with van der Waals surface area (Å²) in [6.45, 7) is 10.7. The molecule has 0 fully saturated rings. The van der Waals surface area contributed by atoms with Gasteiger partial charge < -0.3 is 9.84 Å². The molecule has 0 spiro atoms. The summed E-state index contributed by atoms with van der Waals surface area (Å²) in [6.07, 6.45) is -0.506. The molecular formula is C20H26O2. The third-order valence-electron chi connectivity index (χ3n) is 3.70. The highest BCUT2D eigenvalue weighted by atomic mass is 16.5. The molecule has 2 heteroatoms. The average molecular weight is 298 g/mol. The lowest BCUT2D eigenvalue weighted by Crippen LogP contribution is -2.18. The minimum atomic E-state index is -0.506. The molecule has 0 aliphatic carbocycles. The molecule has 0 amide bonds. The zero-order valence-electron chi connectivity index (χ0n) is 14.2. The van der Waals surface area contributed by atoms with Crippen molar-refractivity contribution in [1.29, 1.82) is 0 Å². The summed E-state index contributed by atoms with van der Waals surface area (Å²) in [5.74, 6) is 0.805. The minimum absolute atomic E-state index is 0.193. The van der Waals surface area contributed by atoms with E-state index in [0.717, 1.165) is 22.4 Å². The van der Waals surface area contributed by atoms with Gasteiger partial charge in [-0.25, -0.2) is 0 Å². The number of aliphatic hydroxyl groups is 1. The first kappa shape index (κ1) is 16.6. The van der Waals surface area contributed by atoms with E-state index in [-0.39, 0.29) is 5.41 Å². The minimum Gasteiger partial charge on any atom is -0.489 e. The first-order valence-corrected chi connectivity index (χ1v) is 7.74.